The molecule has 0 atom stereocenters. The molecule has 2 N–H and O–H groups in total. The lowest BCUT2D eigenvalue weighted by molar-refractivity contribution is 0.720. The average molecular weight is 253 g/mol. The molecule has 0 saturated heterocycles. The van der Waals surface area contributed by atoms with Crippen molar-refractivity contribution in [1.82, 2.24) is 9.55 Å². The van der Waals surface area contributed by atoms with Crippen LogP contribution in [0.5, 0.6) is 0 Å². The van der Waals surface area contributed by atoms with Crippen LogP contribution in [0.15, 0.2) is 24.3 Å². The molecular weight excluding hydrogens is 234 g/mol. The van der Waals surface area contributed by atoms with Crippen molar-refractivity contribution in [3.63, 3.8) is 0 Å². The number of nitrogens with zero attached hydrogens (tertiary/aromatic N) is 2. The van der Waals surface area contributed by atoms with E-state index in [0.29, 0.717) is 6.04 Å². The van der Waals surface area contributed by atoms with Crippen molar-refractivity contribution in [1.29, 1.82) is 0 Å². The Morgan fingerprint density at radius 1 is 1.16 bits per heavy atom. The quantitative estimate of drug-likeness (QED) is 0.907. The summed E-state index contributed by atoms with van der Waals surface area (Å²) in [5, 5.41) is 0. The van der Waals surface area contributed by atoms with E-state index in [1.807, 2.05) is 0 Å². The van der Waals surface area contributed by atoms with Crippen LogP contribution < -0.4 is 5.73 Å². The van der Waals surface area contributed by atoms with E-state index < -0.39 is 0 Å². The maximum Gasteiger partial charge on any atom is 0.131 e. The molecule has 2 aliphatic carbocycles. The summed E-state index contributed by atoms with van der Waals surface area (Å²) in [6.45, 7) is 2.07. The van der Waals surface area contributed by atoms with E-state index in [9.17, 15) is 0 Å². The van der Waals surface area contributed by atoms with Crippen molar-refractivity contribution >= 4 is 5.82 Å². The highest BCUT2D eigenvalue weighted by Crippen LogP contribution is 2.46. The first-order chi connectivity index (χ1) is 9.25. The molecule has 2 aliphatic rings. The highest BCUT2D eigenvalue weighted by molar-refractivity contribution is 5.75. The minimum Gasteiger partial charge on any atom is -0.383 e. The molecule has 1 aromatic heterocycles. The summed E-state index contributed by atoms with van der Waals surface area (Å²) in [4.78, 5) is 4.75. The lowest BCUT2D eigenvalue weighted by Gasteiger charge is -2.08. The van der Waals surface area contributed by atoms with E-state index in [1.165, 1.54) is 36.8 Å². The number of nitrogen functional groups attached to an aromatic ring is 1. The van der Waals surface area contributed by atoms with Gasteiger partial charge in [-0.25, -0.2) is 4.98 Å². The molecule has 0 aliphatic heterocycles. The van der Waals surface area contributed by atoms with Gasteiger partial charge in [-0.3, -0.25) is 0 Å². The van der Waals surface area contributed by atoms with Crippen LogP contribution in [-0.2, 0) is 0 Å². The molecule has 2 fully saturated rings. The fourth-order valence-electron chi connectivity index (χ4n) is 3.02. The van der Waals surface area contributed by atoms with Crippen molar-refractivity contribution in [3.8, 4) is 11.3 Å². The van der Waals surface area contributed by atoms with Gasteiger partial charge < -0.3 is 10.3 Å². The number of imidazole rings is 1. The minimum atomic E-state index is 0.592. The van der Waals surface area contributed by atoms with Crippen molar-refractivity contribution in [2.45, 2.75) is 44.6 Å². The van der Waals surface area contributed by atoms with Crippen LogP contribution >= 0.6 is 0 Å². The van der Waals surface area contributed by atoms with Gasteiger partial charge >= 0.3 is 0 Å². The highest BCUT2D eigenvalue weighted by atomic mass is 15.2. The molecule has 0 radical (unpaired) electrons. The number of rotatable bonds is 3. The maximum absolute atomic E-state index is 6.37. The monoisotopic (exact) mass is 253 g/mol. The first-order valence-corrected chi connectivity index (χ1v) is 7.19. The second-order valence-electron chi connectivity index (χ2n) is 5.86. The number of aryl methyl sites for hydroxylation is 1. The smallest absolute Gasteiger partial charge is 0.131 e. The van der Waals surface area contributed by atoms with Crippen molar-refractivity contribution in [2.24, 2.45) is 0 Å². The van der Waals surface area contributed by atoms with Crippen LogP contribution in [0.1, 0.15) is 49.0 Å². The van der Waals surface area contributed by atoms with Crippen molar-refractivity contribution in [3.05, 3.63) is 35.7 Å². The van der Waals surface area contributed by atoms with Gasteiger partial charge in [0.2, 0.25) is 0 Å². The van der Waals surface area contributed by atoms with Gasteiger partial charge in [0.1, 0.15) is 17.3 Å². The van der Waals surface area contributed by atoms with Gasteiger partial charge in [-0.15, -0.1) is 0 Å². The molecule has 19 heavy (non-hydrogen) atoms. The zero-order chi connectivity index (χ0) is 13.0. The van der Waals surface area contributed by atoms with Crippen molar-refractivity contribution < 1.29 is 0 Å². The van der Waals surface area contributed by atoms with Crippen LogP contribution in [0, 0.1) is 6.92 Å². The molecule has 0 amide bonds. The zero-order valence-corrected chi connectivity index (χ0v) is 11.3. The van der Waals surface area contributed by atoms with Gasteiger partial charge in [-0.1, -0.05) is 24.3 Å². The second kappa shape index (κ2) is 3.86. The molecule has 4 rings (SSSR count). The first-order valence-electron chi connectivity index (χ1n) is 7.19. The van der Waals surface area contributed by atoms with Gasteiger partial charge in [0.15, 0.2) is 0 Å². The van der Waals surface area contributed by atoms with Crippen LogP contribution in [0.2, 0.25) is 0 Å². The molecule has 0 bridgehead atoms. The third-order valence-corrected chi connectivity index (χ3v) is 4.27. The van der Waals surface area contributed by atoms with Gasteiger partial charge in [-0.2, -0.15) is 0 Å². The second-order valence-corrected chi connectivity index (χ2v) is 5.86. The standard InChI is InChI=1S/C16H19N3/c1-10-18-15(16(17)19(10)12-8-9-12)14-5-3-2-4-13(14)11-6-7-11/h2-5,11-12H,6-9,17H2,1H3. The Kier molecular flexibility index (Phi) is 2.25. The summed E-state index contributed by atoms with van der Waals surface area (Å²) in [7, 11) is 0. The van der Waals surface area contributed by atoms with Gasteiger partial charge in [0.05, 0.1) is 0 Å². The fourth-order valence-corrected chi connectivity index (χ4v) is 3.02. The molecule has 2 saturated carbocycles. The summed E-state index contributed by atoms with van der Waals surface area (Å²) in [6.07, 6.45) is 5.09. The van der Waals surface area contributed by atoms with Crippen LogP contribution in [-0.4, -0.2) is 9.55 Å². The number of anilines is 1. The number of nitrogens with two attached hydrogens (primary N) is 1. The molecule has 98 valence electrons. The third-order valence-electron chi connectivity index (χ3n) is 4.27. The number of hydrogen-bond acceptors (Lipinski definition) is 2. The van der Waals surface area contributed by atoms with Gasteiger partial charge in [-0.05, 0) is 44.1 Å². The van der Waals surface area contributed by atoms with E-state index in [-0.39, 0.29) is 0 Å². The molecule has 0 unspecified atom stereocenters. The molecule has 0 spiro atoms. The topological polar surface area (TPSA) is 43.8 Å². The Balaban J connectivity index is 1.86. The Morgan fingerprint density at radius 2 is 1.89 bits per heavy atom. The molecule has 3 heteroatoms. The predicted molar refractivity (Wildman–Crippen MR) is 77.1 cm³/mol. The summed E-state index contributed by atoms with van der Waals surface area (Å²) in [5.41, 5.74) is 10.0. The van der Waals surface area contributed by atoms with Crippen LogP contribution in [0.25, 0.3) is 11.3 Å². The van der Waals surface area contributed by atoms with Crippen LogP contribution in [0.4, 0.5) is 5.82 Å². The molecule has 1 aromatic carbocycles. The molecule has 1 heterocycles. The maximum atomic E-state index is 6.37. The lowest BCUT2D eigenvalue weighted by Crippen LogP contribution is -2.02. The number of hydrogen-bond donors (Lipinski definition) is 1. The zero-order valence-electron chi connectivity index (χ0n) is 11.3. The number of aromatic nitrogens is 2. The summed E-state index contributed by atoms with van der Waals surface area (Å²) < 4.78 is 2.22. The third kappa shape index (κ3) is 1.76. The SMILES string of the molecule is Cc1nc(-c2ccccc2C2CC2)c(N)n1C1CC1. The predicted octanol–water partition coefficient (Wildman–Crippen LogP) is 3.65. The summed E-state index contributed by atoms with van der Waals surface area (Å²) >= 11 is 0. The Bertz CT molecular complexity index is 633. The Morgan fingerprint density at radius 3 is 2.58 bits per heavy atom. The number of benzene rings is 1. The molecular formula is C16H19N3. The van der Waals surface area contributed by atoms with E-state index in [2.05, 4.69) is 35.8 Å². The largest absolute Gasteiger partial charge is 0.383 e. The van der Waals surface area contributed by atoms with E-state index in [0.717, 1.165) is 23.3 Å². The van der Waals surface area contributed by atoms with Crippen molar-refractivity contribution in [2.75, 3.05) is 5.73 Å². The van der Waals surface area contributed by atoms with E-state index in [4.69, 9.17) is 10.7 Å². The van der Waals surface area contributed by atoms with Crippen LogP contribution in [0.3, 0.4) is 0 Å². The van der Waals surface area contributed by atoms with Gasteiger partial charge in [0, 0.05) is 11.6 Å². The summed E-state index contributed by atoms with van der Waals surface area (Å²) in [5.74, 6) is 2.63. The Labute approximate surface area is 113 Å². The van der Waals surface area contributed by atoms with E-state index in [1.54, 1.807) is 0 Å². The fraction of sp³-hybridized carbons (Fsp3) is 0.438. The van der Waals surface area contributed by atoms with Gasteiger partial charge in [0.25, 0.3) is 0 Å². The normalized spacial score (nSPS) is 18.8. The van der Waals surface area contributed by atoms with E-state index >= 15 is 0 Å². The molecule has 2 aromatic rings. The summed E-state index contributed by atoms with van der Waals surface area (Å²) in [6, 6.07) is 9.21. The first kappa shape index (κ1) is 11.1. The minimum absolute atomic E-state index is 0.592. The average Bonchev–Trinajstić information content (AvgIpc) is 3.29. The Hall–Kier alpha value is -1.77. The molecule has 3 nitrogen and oxygen atoms in total. The lowest BCUT2D eigenvalue weighted by atomic mass is 10.0. The highest BCUT2D eigenvalue weighted by Gasteiger charge is 2.31.